The van der Waals surface area contributed by atoms with E-state index in [0.717, 1.165) is 40.9 Å². The molecule has 0 unspecified atom stereocenters. The van der Waals surface area contributed by atoms with Crippen molar-refractivity contribution in [3.8, 4) is 11.1 Å². The van der Waals surface area contributed by atoms with Crippen LogP contribution in [0.25, 0.3) is 16.8 Å². The SMILES string of the molecule is CCCc1c(C)nc2c(-c3ccccc3)c(C)[nH]n2c1=O. The molecule has 0 atom stereocenters. The highest BCUT2D eigenvalue weighted by Gasteiger charge is 2.16. The lowest BCUT2D eigenvalue weighted by molar-refractivity contribution is 0.811. The summed E-state index contributed by atoms with van der Waals surface area (Å²) in [4.78, 5) is 17.3. The molecule has 0 fully saturated rings. The number of nitrogens with zero attached hydrogens (tertiary/aromatic N) is 2. The molecule has 0 saturated heterocycles. The Bertz CT molecular complexity index is 844. The molecule has 1 N–H and O–H groups in total. The summed E-state index contributed by atoms with van der Waals surface area (Å²) in [5.41, 5.74) is 5.39. The van der Waals surface area contributed by atoms with Crippen LogP contribution in [0, 0.1) is 13.8 Å². The van der Waals surface area contributed by atoms with Crippen LogP contribution >= 0.6 is 0 Å². The van der Waals surface area contributed by atoms with Crippen molar-refractivity contribution in [1.82, 2.24) is 14.6 Å². The first-order valence-corrected chi connectivity index (χ1v) is 7.29. The molecule has 0 radical (unpaired) electrons. The molecule has 3 rings (SSSR count). The van der Waals surface area contributed by atoms with Gasteiger partial charge in [-0.2, -0.15) is 0 Å². The van der Waals surface area contributed by atoms with Crippen LogP contribution in [0.1, 0.15) is 30.3 Å². The Kier molecular flexibility index (Phi) is 3.37. The lowest BCUT2D eigenvalue weighted by atomic mass is 10.1. The van der Waals surface area contributed by atoms with Crippen molar-refractivity contribution in [3.63, 3.8) is 0 Å². The Hall–Kier alpha value is -2.36. The van der Waals surface area contributed by atoms with Gasteiger partial charge in [-0.1, -0.05) is 43.7 Å². The molecule has 0 aliphatic rings. The van der Waals surface area contributed by atoms with E-state index in [9.17, 15) is 4.79 Å². The highest BCUT2D eigenvalue weighted by Crippen LogP contribution is 2.26. The largest absolute Gasteiger partial charge is 0.293 e. The topological polar surface area (TPSA) is 50.2 Å². The van der Waals surface area contributed by atoms with Crippen molar-refractivity contribution in [3.05, 3.63) is 57.6 Å². The van der Waals surface area contributed by atoms with Crippen LogP contribution in [0.2, 0.25) is 0 Å². The molecule has 0 aliphatic heterocycles. The monoisotopic (exact) mass is 281 g/mol. The molecule has 0 spiro atoms. The highest BCUT2D eigenvalue weighted by atomic mass is 16.1. The third kappa shape index (κ3) is 2.17. The summed E-state index contributed by atoms with van der Waals surface area (Å²) >= 11 is 0. The molecular weight excluding hydrogens is 262 g/mol. The molecule has 2 heterocycles. The molecule has 21 heavy (non-hydrogen) atoms. The molecule has 0 aliphatic carbocycles. The van der Waals surface area contributed by atoms with Crippen LogP contribution in [-0.4, -0.2) is 14.6 Å². The normalized spacial score (nSPS) is 11.2. The Balaban J connectivity index is 2.34. The van der Waals surface area contributed by atoms with Gasteiger partial charge in [0.1, 0.15) is 0 Å². The zero-order valence-electron chi connectivity index (χ0n) is 12.6. The second-order valence-corrected chi connectivity index (χ2v) is 5.37. The summed E-state index contributed by atoms with van der Waals surface area (Å²) in [5.74, 6) is 0. The number of hydrogen-bond donors (Lipinski definition) is 1. The van der Waals surface area contributed by atoms with Crippen molar-refractivity contribution in [1.29, 1.82) is 0 Å². The van der Waals surface area contributed by atoms with Crippen molar-refractivity contribution in [2.24, 2.45) is 0 Å². The van der Waals surface area contributed by atoms with Gasteiger partial charge >= 0.3 is 0 Å². The molecule has 0 amide bonds. The molecule has 0 bridgehead atoms. The predicted molar refractivity (Wildman–Crippen MR) is 84.7 cm³/mol. The number of aromatic amines is 1. The molecule has 4 heteroatoms. The average Bonchev–Trinajstić information content (AvgIpc) is 2.81. The number of fused-ring (bicyclic) bond motifs is 1. The molecule has 3 aromatic rings. The van der Waals surface area contributed by atoms with Gasteiger partial charge in [-0.25, -0.2) is 9.50 Å². The van der Waals surface area contributed by atoms with Gasteiger partial charge in [-0.05, 0) is 25.8 Å². The van der Waals surface area contributed by atoms with E-state index in [2.05, 4.69) is 17.0 Å². The smallest absolute Gasteiger partial charge is 0.276 e. The fourth-order valence-electron chi connectivity index (χ4n) is 2.81. The van der Waals surface area contributed by atoms with Crippen LogP contribution < -0.4 is 5.56 Å². The maximum absolute atomic E-state index is 12.6. The molecule has 4 nitrogen and oxygen atoms in total. The van der Waals surface area contributed by atoms with Gasteiger partial charge in [0.25, 0.3) is 5.56 Å². The van der Waals surface area contributed by atoms with Gasteiger partial charge in [-0.15, -0.1) is 0 Å². The number of H-pyrrole nitrogens is 1. The van der Waals surface area contributed by atoms with E-state index in [0.29, 0.717) is 5.65 Å². The van der Waals surface area contributed by atoms with E-state index >= 15 is 0 Å². The van der Waals surface area contributed by atoms with Crippen LogP contribution in [0.15, 0.2) is 35.1 Å². The van der Waals surface area contributed by atoms with Crippen LogP contribution in [-0.2, 0) is 6.42 Å². The zero-order valence-corrected chi connectivity index (χ0v) is 12.6. The lowest BCUT2D eigenvalue weighted by Crippen LogP contribution is -2.21. The highest BCUT2D eigenvalue weighted by molar-refractivity contribution is 5.79. The zero-order chi connectivity index (χ0) is 15.0. The third-order valence-electron chi connectivity index (χ3n) is 3.82. The number of benzene rings is 1. The fraction of sp³-hybridized carbons (Fsp3) is 0.294. The van der Waals surface area contributed by atoms with Gasteiger partial charge in [0.15, 0.2) is 5.65 Å². The predicted octanol–water partition coefficient (Wildman–Crippen LogP) is 3.26. The van der Waals surface area contributed by atoms with Gasteiger partial charge in [0, 0.05) is 22.5 Å². The summed E-state index contributed by atoms with van der Waals surface area (Å²) in [6.45, 7) is 5.97. The van der Waals surface area contributed by atoms with E-state index in [1.165, 1.54) is 0 Å². The maximum atomic E-state index is 12.6. The van der Waals surface area contributed by atoms with Crippen molar-refractivity contribution in [2.45, 2.75) is 33.6 Å². The third-order valence-corrected chi connectivity index (χ3v) is 3.82. The number of aryl methyl sites for hydroxylation is 2. The van der Waals surface area contributed by atoms with Gasteiger partial charge < -0.3 is 0 Å². The molecule has 1 aromatic carbocycles. The first-order chi connectivity index (χ1) is 10.1. The van der Waals surface area contributed by atoms with Crippen LogP contribution in [0.3, 0.4) is 0 Å². The summed E-state index contributed by atoms with van der Waals surface area (Å²) in [7, 11) is 0. The second kappa shape index (κ2) is 5.20. The summed E-state index contributed by atoms with van der Waals surface area (Å²) in [6.07, 6.45) is 1.70. The maximum Gasteiger partial charge on any atom is 0.276 e. The summed E-state index contributed by atoms with van der Waals surface area (Å²) in [5, 5.41) is 3.16. The summed E-state index contributed by atoms with van der Waals surface area (Å²) in [6, 6.07) is 10.1. The van der Waals surface area contributed by atoms with Crippen LogP contribution in [0.5, 0.6) is 0 Å². The Morgan fingerprint density at radius 2 is 1.90 bits per heavy atom. The average molecular weight is 281 g/mol. The summed E-state index contributed by atoms with van der Waals surface area (Å²) < 4.78 is 1.58. The quantitative estimate of drug-likeness (QED) is 0.801. The first kappa shape index (κ1) is 13.6. The van der Waals surface area contributed by atoms with E-state index in [4.69, 9.17) is 0 Å². The van der Waals surface area contributed by atoms with Crippen LogP contribution in [0.4, 0.5) is 0 Å². The standard InChI is InChI=1S/C17H19N3O/c1-4-8-14-11(2)18-16-15(13-9-6-5-7-10-13)12(3)19-20(16)17(14)21/h5-7,9-10,19H,4,8H2,1-3H3. The number of aromatic nitrogens is 3. The van der Waals surface area contributed by atoms with E-state index in [1.807, 2.05) is 44.2 Å². The Morgan fingerprint density at radius 3 is 2.57 bits per heavy atom. The molecule has 0 saturated carbocycles. The molecule has 108 valence electrons. The van der Waals surface area contributed by atoms with E-state index in [1.54, 1.807) is 4.52 Å². The van der Waals surface area contributed by atoms with Gasteiger partial charge in [0.05, 0.1) is 0 Å². The first-order valence-electron chi connectivity index (χ1n) is 7.29. The fourth-order valence-corrected chi connectivity index (χ4v) is 2.81. The van der Waals surface area contributed by atoms with E-state index in [-0.39, 0.29) is 5.56 Å². The molecular formula is C17H19N3O. The number of nitrogens with one attached hydrogen (secondary N) is 1. The minimum atomic E-state index is 0.0182. The number of rotatable bonds is 3. The number of hydrogen-bond acceptors (Lipinski definition) is 2. The van der Waals surface area contributed by atoms with Crippen molar-refractivity contribution in [2.75, 3.05) is 0 Å². The second-order valence-electron chi connectivity index (χ2n) is 5.37. The van der Waals surface area contributed by atoms with Gasteiger partial charge in [0.2, 0.25) is 0 Å². The Morgan fingerprint density at radius 1 is 1.19 bits per heavy atom. The van der Waals surface area contributed by atoms with E-state index < -0.39 is 0 Å². The van der Waals surface area contributed by atoms with Crippen molar-refractivity contribution >= 4 is 5.65 Å². The minimum Gasteiger partial charge on any atom is -0.293 e. The Labute approximate surface area is 123 Å². The molecule has 2 aromatic heterocycles. The minimum absolute atomic E-state index is 0.0182. The van der Waals surface area contributed by atoms with Crippen molar-refractivity contribution < 1.29 is 0 Å². The lowest BCUT2D eigenvalue weighted by Gasteiger charge is -2.05. The van der Waals surface area contributed by atoms with Gasteiger partial charge in [-0.3, -0.25) is 9.89 Å².